The first kappa shape index (κ1) is 44.6. The minimum atomic E-state index is -0.581. The summed E-state index contributed by atoms with van der Waals surface area (Å²) in [4.78, 5) is 0. The lowest BCUT2D eigenvalue weighted by molar-refractivity contribution is -0.913. The van der Waals surface area contributed by atoms with Crippen molar-refractivity contribution >= 4 is 0 Å². The van der Waals surface area contributed by atoms with E-state index in [0.29, 0.717) is 6.61 Å². The van der Waals surface area contributed by atoms with Gasteiger partial charge in [0.2, 0.25) is 0 Å². The fraction of sp³-hybridized carbons (Fsp3) is 1.00. The standard InChI is InChI=1S/C40H80NO4.HI/c1-8-10-12-14-16-18-20-22-24-26-28-30-32-41(7,33-31-29-27-25-23-21-19-17-15-13-11-9-2)34-36-38(45-40(5,6)43-36)37-35-42-39(3,4)44-37;/h36-38H,8-35H2,1-7H3;1H/q+1;/p-1/t36-,37-,38+;/m1./s1. The molecule has 2 rings (SSSR count). The van der Waals surface area contributed by atoms with Crippen LogP contribution in [0.4, 0.5) is 0 Å². The van der Waals surface area contributed by atoms with Crippen molar-refractivity contribution in [2.45, 2.75) is 226 Å². The second kappa shape index (κ2) is 25.5. The number of likely N-dealkylation sites (N-methyl/N-ethyl adjacent to an activating group) is 1. The Hall–Kier alpha value is 0.530. The van der Waals surface area contributed by atoms with Gasteiger partial charge in [-0.15, -0.1) is 0 Å². The maximum absolute atomic E-state index is 6.59. The number of halogens is 1. The summed E-state index contributed by atoms with van der Waals surface area (Å²) in [5, 5.41) is 0. The van der Waals surface area contributed by atoms with Crippen molar-refractivity contribution < 1.29 is 47.4 Å². The number of unbranched alkanes of at least 4 members (excludes halogenated alkanes) is 22. The van der Waals surface area contributed by atoms with E-state index >= 15 is 0 Å². The van der Waals surface area contributed by atoms with Gasteiger partial charge in [-0.05, 0) is 53.4 Å². The Kier molecular flexibility index (Phi) is 24.7. The first-order valence-electron chi connectivity index (χ1n) is 20.1. The molecule has 0 aromatic heterocycles. The molecule has 0 saturated carbocycles. The van der Waals surface area contributed by atoms with Crippen molar-refractivity contribution in [3.63, 3.8) is 0 Å². The average molecular weight is 766 g/mol. The van der Waals surface area contributed by atoms with E-state index in [0.717, 1.165) is 11.0 Å². The van der Waals surface area contributed by atoms with Crippen molar-refractivity contribution in [3.05, 3.63) is 0 Å². The topological polar surface area (TPSA) is 36.9 Å². The van der Waals surface area contributed by atoms with E-state index in [9.17, 15) is 0 Å². The number of ether oxygens (including phenoxy) is 4. The van der Waals surface area contributed by atoms with Gasteiger partial charge in [0.15, 0.2) is 11.6 Å². The Balaban J connectivity index is 0.0000106. The number of quaternary nitrogens is 1. The average Bonchev–Trinajstić information content (AvgIpc) is 3.50. The minimum absolute atomic E-state index is 0. The van der Waals surface area contributed by atoms with Crippen LogP contribution in [0.3, 0.4) is 0 Å². The summed E-state index contributed by atoms with van der Waals surface area (Å²) in [5.74, 6) is -1.13. The van der Waals surface area contributed by atoms with Crippen LogP contribution in [-0.2, 0) is 18.9 Å². The summed E-state index contributed by atoms with van der Waals surface area (Å²) < 4.78 is 26.4. The van der Waals surface area contributed by atoms with Crippen LogP contribution in [-0.4, -0.2) is 67.7 Å². The van der Waals surface area contributed by atoms with Crippen LogP contribution in [0, 0.1) is 0 Å². The minimum Gasteiger partial charge on any atom is -1.00 e. The fourth-order valence-corrected chi connectivity index (χ4v) is 7.59. The lowest BCUT2D eigenvalue weighted by atomic mass is 10.0. The number of hydrogen-bond acceptors (Lipinski definition) is 4. The zero-order valence-electron chi connectivity index (χ0n) is 32.0. The van der Waals surface area contributed by atoms with Gasteiger partial charge in [-0.3, -0.25) is 0 Å². The van der Waals surface area contributed by atoms with Gasteiger partial charge in [0, 0.05) is 0 Å². The molecular weight excluding hydrogens is 685 g/mol. The predicted molar refractivity (Wildman–Crippen MR) is 192 cm³/mol. The molecule has 2 aliphatic rings. The molecule has 0 aromatic carbocycles. The van der Waals surface area contributed by atoms with Crippen LogP contribution in [0.5, 0.6) is 0 Å². The molecule has 0 bridgehead atoms. The highest BCUT2D eigenvalue weighted by atomic mass is 127. The molecule has 2 heterocycles. The van der Waals surface area contributed by atoms with E-state index in [2.05, 4.69) is 34.7 Å². The van der Waals surface area contributed by atoms with Crippen LogP contribution in [0.1, 0.15) is 196 Å². The SMILES string of the molecule is CCCCCCCCCCCCCC[N+](C)(CCCCCCCCCCCCCC)C[C@H]1OC(C)(C)O[C@@H]1[C@H]1COC(C)(C)O1.[I-]. The van der Waals surface area contributed by atoms with E-state index in [4.69, 9.17) is 18.9 Å². The van der Waals surface area contributed by atoms with Gasteiger partial charge in [-0.25, -0.2) is 0 Å². The summed E-state index contributed by atoms with van der Waals surface area (Å²) in [6.07, 6.45) is 33.5. The van der Waals surface area contributed by atoms with Crippen molar-refractivity contribution in [3.8, 4) is 0 Å². The van der Waals surface area contributed by atoms with Gasteiger partial charge < -0.3 is 47.4 Å². The zero-order valence-corrected chi connectivity index (χ0v) is 34.1. The van der Waals surface area contributed by atoms with E-state index in [1.165, 1.54) is 167 Å². The van der Waals surface area contributed by atoms with Crippen LogP contribution < -0.4 is 24.0 Å². The van der Waals surface area contributed by atoms with E-state index < -0.39 is 11.6 Å². The largest absolute Gasteiger partial charge is 1.00 e. The maximum Gasteiger partial charge on any atom is 0.164 e. The van der Waals surface area contributed by atoms with Crippen LogP contribution in [0.15, 0.2) is 0 Å². The summed E-state index contributed by atoms with van der Waals surface area (Å²) in [6, 6.07) is 0. The molecule has 46 heavy (non-hydrogen) atoms. The Labute approximate surface area is 305 Å². The predicted octanol–water partition coefficient (Wildman–Crippen LogP) is 8.51. The van der Waals surface area contributed by atoms with Gasteiger partial charge >= 0.3 is 0 Å². The summed E-state index contributed by atoms with van der Waals surface area (Å²) >= 11 is 0. The van der Waals surface area contributed by atoms with Crippen molar-refractivity contribution in [1.82, 2.24) is 0 Å². The molecule has 276 valence electrons. The third kappa shape index (κ3) is 20.3. The molecule has 0 aliphatic carbocycles. The molecular formula is C40H80INO4. The lowest BCUT2D eigenvalue weighted by Crippen LogP contribution is -3.00. The molecule has 3 atom stereocenters. The number of nitrogens with zero attached hydrogens (tertiary/aromatic N) is 1. The van der Waals surface area contributed by atoms with E-state index in [-0.39, 0.29) is 42.3 Å². The van der Waals surface area contributed by atoms with Gasteiger partial charge in [-0.1, -0.05) is 142 Å². The molecule has 6 heteroatoms. The third-order valence-corrected chi connectivity index (χ3v) is 10.3. The van der Waals surface area contributed by atoms with Gasteiger partial charge in [0.25, 0.3) is 0 Å². The van der Waals surface area contributed by atoms with Crippen LogP contribution in [0.25, 0.3) is 0 Å². The molecule has 0 N–H and O–H groups in total. The molecule has 0 unspecified atom stereocenters. The second-order valence-corrected chi connectivity index (χ2v) is 16.0. The highest BCUT2D eigenvalue weighted by molar-refractivity contribution is 4.90. The molecule has 0 aromatic rings. The van der Waals surface area contributed by atoms with E-state index in [1.54, 1.807) is 0 Å². The Bertz CT molecular complexity index is 689. The summed E-state index contributed by atoms with van der Waals surface area (Å²) in [7, 11) is 2.48. The highest BCUT2D eigenvalue weighted by Crippen LogP contribution is 2.36. The van der Waals surface area contributed by atoms with Gasteiger partial charge in [0.1, 0.15) is 24.9 Å². The van der Waals surface area contributed by atoms with Crippen LogP contribution in [0.2, 0.25) is 0 Å². The van der Waals surface area contributed by atoms with Crippen LogP contribution >= 0.6 is 0 Å². The highest BCUT2D eigenvalue weighted by Gasteiger charge is 2.51. The van der Waals surface area contributed by atoms with Gasteiger partial charge in [-0.2, -0.15) is 0 Å². The monoisotopic (exact) mass is 766 g/mol. The molecule has 2 saturated heterocycles. The Morgan fingerprint density at radius 1 is 0.500 bits per heavy atom. The lowest BCUT2D eigenvalue weighted by Gasteiger charge is -2.38. The molecule has 2 aliphatic heterocycles. The first-order chi connectivity index (χ1) is 21.6. The van der Waals surface area contributed by atoms with Crippen molar-refractivity contribution in [1.29, 1.82) is 0 Å². The Morgan fingerprint density at radius 3 is 1.22 bits per heavy atom. The number of rotatable bonds is 29. The normalized spacial score (nSPS) is 22.4. The second-order valence-electron chi connectivity index (χ2n) is 16.0. The molecule has 2 fully saturated rings. The molecule has 0 spiro atoms. The van der Waals surface area contributed by atoms with Gasteiger partial charge in [0.05, 0.1) is 26.7 Å². The fourth-order valence-electron chi connectivity index (χ4n) is 7.59. The molecule has 0 amide bonds. The smallest absolute Gasteiger partial charge is 0.164 e. The van der Waals surface area contributed by atoms with E-state index in [1.807, 2.05) is 13.8 Å². The zero-order chi connectivity index (χ0) is 32.9. The number of hydrogen-bond donors (Lipinski definition) is 0. The maximum atomic E-state index is 6.59. The Morgan fingerprint density at radius 2 is 0.870 bits per heavy atom. The summed E-state index contributed by atoms with van der Waals surface area (Å²) in [6.45, 7) is 16.8. The summed E-state index contributed by atoms with van der Waals surface area (Å²) in [5.41, 5.74) is 0. The molecule has 5 nitrogen and oxygen atoms in total. The van der Waals surface area contributed by atoms with Crippen molar-refractivity contribution in [2.75, 3.05) is 33.3 Å². The quantitative estimate of drug-likeness (QED) is 0.0435. The molecule has 0 radical (unpaired) electrons. The van der Waals surface area contributed by atoms with Crippen molar-refractivity contribution in [2.24, 2.45) is 0 Å². The first-order valence-corrected chi connectivity index (χ1v) is 20.1. The third-order valence-electron chi connectivity index (χ3n) is 10.3.